The van der Waals surface area contributed by atoms with E-state index in [9.17, 15) is 19.5 Å². The topological polar surface area (TPSA) is 236 Å². The van der Waals surface area contributed by atoms with Crippen molar-refractivity contribution in [3.63, 3.8) is 0 Å². The predicted molar refractivity (Wildman–Crippen MR) is 155 cm³/mol. The molecule has 0 bridgehead atoms. The molecule has 0 unspecified atom stereocenters. The standard InChI is InChI=1S/C26H30ClN11O6/c1-30-25(42)21-18(35-36-29)20(40)26(44-21)38-12-34-19-23(32-11-33-24(19)38)31-9-14-8-15(27)2-3-16(14)43-10-17(39)37-6-4-13(5-7-37)22(28)41/h2-3,8,11-13,18,20-21,26,40H,4-7,9-10H2,1H3,(H2,28,41)(H,30,42)(H,31,32,33)/t18-,20+,21-,26+/m0/s1. The van der Waals surface area contributed by atoms with Crippen LogP contribution in [0, 0.1) is 5.92 Å². The zero-order valence-corrected chi connectivity index (χ0v) is 24.3. The number of anilines is 1. The normalized spacial score (nSPS) is 21.9. The lowest BCUT2D eigenvalue weighted by atomic mass is 9.96. The molecule has 4 heterocycles. The number of ether oxygens (including phenoxy) is 2. The van der Waals surface area contributed by atoms with Crippen LogP contribution in [0.1, 0.15) is 24.6 Å². The molecule has 1 aromatic carbocycles. The number of aliphatic hydroxyl groups is 1. The number of imidazole rings is 1. The summed E-state index contributed by atoms with van der Waals surface area (Å²) >= 11 is 6.25. The monoisotopic (exact) mass is 627 g/mol. The lowest BCUT2D eigenvalue weighted by Crippen LogP contribution is -2.43. The number of amides is 3. The Morgan fingerprint density at radius 2 is 2.05 bits per heavy atom. The number of likely N-dealkylation sites (N-methyl/N-ethyl adjacent to an activating group) is 1. The Morgan fingerprint density at radius 3 is 2.75 bits per heavy atom. The number of fused-ring (bicyclic) bond motifs is 1. The van der Waals surface area contributed by atoms with Crippen LogP contribution in [-0.4, -0.2) is 92.2 Å². The zero-order valence-electron chi connectivity index (χ0n) is 23.5. The summed E-state index contributed by atoms with van der Waals surface area (Å²) in [5.41, 5.74) is 15.6. The van der Waals surface area contributed by atoms with Gasteiger partial charge in [0.2, 0.25) is 11.8 Å². The molecule has 2 fully saturated rings. The summed E-state index contributed by atoms with van der Waals surface area (Å²) in [5.74, 6) is -0.558. The molecule has 3 aromatic rings. The third kappa shape index (κ3) is 6.30. The van der Waals surface area contributed by atoms with E-state index >= 15 is 0 Å². The minimum atomic E-state index is -1.36. The Balaban J connectivity index is 1.29. The maximum Gasteiger partial charge on any atom is 0.260 e. The number of aliphatic hydroxyl groups excluding tert-OH is 1. The summed E-state index contributed by atoms with van der Waals surface area (Å²) in [6, 6.07) is 3.84. The molecule has 0 spiro atoms. The van der Waals surface area contributed by atoms with Crippen molar-refractivity contribution in [2.24, 2.45) is 16.8 Å². The first-order valence-electron chi connectivity index (χ1n) is 13.7. The molecule has 5 N–H and O–H groups in total. The molecule has 0 aliphatic carbocycles. The summed E-state index contributed by atoms with van der Waals surface area (Å²) in [7, 11) is 1.40. The van der Waals surface area contributed by atoms with Crippen LogP contribution in [0.2, 0.25) is 5.02 Å². The SMILES string of the molecule is CNC(=O)[C@H]1O[C@@H](n2cnc3c(NCc4cc(Cl)ccc4OCC(=O)N4CCC(C(N)=O)CC4)ncnc32)[C@H](O)[C@@H]1N=[N+]=[N-]. The Labute approximate surface area is 255 Å². The van der Waals surface area contributed by atoms with Crippen LogP contribution in [-0.2, 0) is 25.7 Å². The van der Waals surface area contributed by atoms with Gasteiger partial charge in [0.15, 0.2) is 29.8 Å². The number of hydrogen-bond donors (Lipinski definition) is 4. The van der Waals surface area contributed by atoms with Gasteiger partial charge >= 0.3 is 0 Å². The third-order valence-electron chi connectivity index (χ3n) is 7.63. The van der Waals surface area contributed by atoms with Crippen molar-refractivity contribution in [3.8, 4) is 5.75 Å². The number of halogens is 1. The van der Waals surface area contributed by atoms with Gasteiger partial charge in [0.25, 0.3) is 5.91 Å². The smallest absolute Gasteiger partial charge is 0.260 e. The largest absolute Gasteiger partial charge is 0.483 e. The second kappa shape index (κ2) is 13.3. The number of piperidine rings is 1. The lowest BCUT2D eigenvalue weighted by molar-refractivity contribution is -0.136. The minimum absolute atomic E-state index is 0.188. The number of hydrogen-bond acceptors (Lipinski definition) is 11. The van der Waals surface area contributed by atoms with Crippen LogP contribution in [0.25, 0.3) is 21.6 Å². The van der Waals surface area contributed by atoms with E-state index in [1.165, 1.54) is 24.3 Å². The first-order valence-corrected chi connectivity index (χ1v) is 14.1. The van der Waals surface area contributed by atoms with Gasteiger partial charge in [0.1, 0.15) is 30.3 Å². The summed E-state index contributed by atoms with van der Waals surface area (Å²) in [6.07, 6.45) is 0.0188. The predicted octanol–water partition coefficient (Wildman–Crippen LogP) is 0.878. The van der Waals surface area contributed by atoms with E-state index in [-0.39, 0.29) is 36.5 Å². The van der Waals surface area contributed by atoms with E-state index in [1.807, 2.05) is 0 Å². The Bertz CT molecular complexity index is 1600. The molecule has 2 aromatic heterocycles. The molecule has 2 saturated heterocycles. The number of carbonyl (C=O) groups excluding carboxylic acids is 3. The summed E-state index contributed by atoms with van der Waals surface area (Å²) in [4.78, 5) is 53.8. The van der Waals surface area contributed by atoms with Gasteiger partial charge in [0, 0.05) is 48.1 Å². The quantitative estimate of drug-likeness (QED) is 0.141. The Morgan fingerprint density at radius 1 is 1.27 bits per heavy atom. The molecular formula is C26H30ClN11O6. The molecule has 0 radical (unpaired) electrons. The first-order chi connectivity index (χ1) is 21.2. The van der Waals surface area contributed by atoms with Crippen molar-refractivity contribution in [3.05, 3.63) is 51.9 Å². The van der Waals surface area contributed by atoms with Gasteiger partial charge in [-0.05, 0) is 36.6 Å². The molecule has 17 nitrogen and oxygen atoms in total. The van der Waals surface area contributed by atoms with Crippen molar-refractivity contribution in [1.29, 1.82) is 0 Å². The molecule has 232 valence electrons. The number of likely N-dealkylation sites (tertiary alicyclic amines) is 1. The first kappa shape index (κ1) is 30.7. The number of benzene rings is 1. The molecule has 4 atom stereocenters. The van der Waals surface area contributed by atoms with Crippen LogP contribution in [0.3, 0.4) is 0 Å². The van der Waals surface area contributed by atoms with Gasteiger partial charge in [-0.15, -0.1) is 0 Å². The minimum Gasteiger partial charge on any atom is -0.483 e. The zero-order chi connectivity index (χ0) is 31.4. The van der Waals surface area contributed by atoms with E-state index in [4.69, 9.17) is 32.3 Å². The van der Waals surface area contributed by atoms with Crippen molar-refractivity contribution in [2.45, 2.75) is 43.9 Å². The van der Waals surface area contributed by atoms with Gasteiger partial charge in [-0.3, -0.25) is 19.0 Å². The third-order valence-corrected chi connectivity index (χ3v) is 7.87. The van der Waals surface area contributed by atoms with Crippen molar-refractivity contribution in [2.75, 3.05) is 32.1 Å². The highest BCUT2D eigenvalue weighted by molar-refractivity contribution is 6.30. The maximum atomic E-state index is 12.8. The molecular weight excluding hydrogens is 598 g/mol. The van der Waals surface area contributed by atoms with E-state index in [1.54, 1.807) is 23.1 Å². The van der Waals surface area contributed by atoms with E-state index < -0.39 is 30.4 Å². The number of carbonyl (C=O) groups is 3. The highest BCUT2D eigenvalue weighted by atomic mass is 35.5. The number of rotatable bonds is 10. The van der Waals surface area contributed by atoms with Crippen molar-refractivity contribution in [1.82, 2.24) is 29.7 Å². The van der Waals surface area contributed by atoms with E-state index in [0.29, 0.717) is 53.6 Å². The Kier molecular flexibility index (Phi) is 9.29. The summed E-state index contributed by atoms with van der Waals surface area (Å²) in [5, 5.41) is 20.5. The fourth-order valence-corrected chi connectivity index (χ4v) is 5.45. The average Bonchev–Trinajstić information content (AvgIpc) is 3.60. The van der Waals surface area contributed by atoms with Crippen LogP contribution in [0.5, 0.6) is 5.75 Å². The molecule has 18 heteroatoms. The second-order valence-corrected chi connectivity index (χ2v) is 10.7. The number of nitrogens with two attached hydrogens (primary N) is 1. The summed E-state index contributed by atoms with van der Waals surface area (Å²) in [6.45, 7) is 0.856. The molecule has 0 saturated carbocycles. The Hall–Kier alpha value is -4.70. The van der Waals surface area contributed by atoms with Crippen LogP contribution in [0.4, 0.5) is 5.82 Å². The van der Waals surface area contributed by atoms with Gasteiger partial charge in [-0.2, -0.15) is 0 Å². The number of azide groups is 1. The molecule has 2 aliphatic heterocycles. The van der Waals surface area contributed by atoms with Crippen LogP contribution >= 0.6 is 11.6 Å². The van der Waals surface area contributed by atoms with Gasteiger partial charge in [0.05, 0.1) is 6.33 Å². The van der Waals surface area contributed by atoms with Gasteiger partial charge < -0.3 is 35.8 Å². The van der Waals surface area contributed by atoms with Crippen LogP contribution in [0.15, 0.2) is 36.0 Å². The maximum absolute atomic E-state index is 12.8. The highest BCUT2D eigenvalue weighted by Gasteiger charge is 2.48. The van der Waals surface area contributed by atoms with E-state index in [2.05, 4.69) is 35.6 Å². The van der Waals surface area contributed by atoms with Gasteiger partial charge in [-0.25, -0.2) is 15.0 Å². The number of aromatic nitrogens is 4. The average molecular weight is 628 g/mol. The lowest BCUT2D eigenvalue weighted by Gasteiger charge is -2.30. The molecule has 44 heavy (non-hydrogen) atoms. The number of nitrogens with one attached hydrogen (secondary N) is 2. The number of primary amides is 1. The molecule has 3 amide bonds. The molecule has 5 rings (SSSR count). The van der Waals surface area contributed by atoms with Crippen molar-refractivity contribution < 1.29 is 29.0 Å². The fraction of sp³-hybridized carbons (Fsp3) is 0.462. The number of nitrogens with zero attached hydrogens (tertiary/aromatic N) is 8. The summed E-state index contributed by atoms with van der Waals surface area (Å²) < 4.78 is 13.1. The second-order valence-electron chi connectivity index (χ2n) is 10.2. The highest BCUT2D eigenvalue weighted by Crippen LogP contribution is 2.34. The van der Waals surface area contributed by atoms with Crippen molar-refractivity contribution >= 4 is 46.3 Å². The van der Waals surface area contributed by atoms with Gasteiger partial charge in [-0.1, -0.05) is 16.7 Å². The molecule has 2 aliphatic rings. The fourth-order valence-electron chi connectivity index (χ4n) is 5.25. The van der Waals surface area contributed by atoms with E-state index in [0.717, 1.165) is 0 Å². The van der Waals surface area contributed by atoms with Crippen LogP contribution < -0.4 is 21.1 Å².